The maximum absolute atomic E-state index is 11.7. The minimum Gasteiger partial charge on any atom is -0.396 e. The van der Waals surface area contributed by atoms with Gasteiger partial charge in [0.2, 0.25) is 5.91 Å². The van der Waals surface area contributed by atoms with Crippen LogP contribution in [0.25, 0.3) is 0 Å². The van der Waals surface area contributed by atoms with Crippen molar-refractivity contribution in [1.29, 1.82) is 0 Å². The van der Waals surface area contributed by atoms with Crippen molar-refractivity contribution >= 4 is 11.6 Å². The van der Waals surface area contributed by atoms with E-state index in [0.29, 0.717) is 12.5 Å². The molecule has 0 bridgehead atoms. The lowest BCUT2D eigenvalue weighted by molar-refractivity contribution is -0.119. The molecule has 0 aromatic heterocycles. The van der Waals surface area contributed by atoms with Crippen molar-refractivity contribution in [2.75, 3.05) is 25.0 Å². The Labute approximate surface area is 115 Å². The fourth-order valence-corrected chi connectivity index (χ4v) is 2.00. The Bertz CT molecular complexity index is 348. The van der Waals surface area contributed by atoms with Gasteiger partial charge < -0.3 is 15.7 Å². The van der Waals surface area contributed by atoms with E-state index in [1.807, 2.05) is 30.3 Å². The summed E-state index contributed by atoms with van der Waals surface area (Å²) in [5, 5.41) is 14.9. The van der Waals surface area contributed by atoms with Crippen LogP contribution in [0.2, 0.25) is 0 Å². The number of nitrogens with one attached hydrogen (secondary N) is 2. The van der Waals surface area contributed by atoms with Crippen LogP contribution in [0.15, 0.2) is 30.3 Å². The van der Waals surface area contributed by atoms with Crippen LogP contribution < -0.4 is 10.6 Å². The van der Waals surface area contributed by atoms with Crippen molar-refractivity contribution in [2.24, 2.45) is 5.92 Å². The van der Waals surface area contributed by atoms with Gasteiger partial charge in [0.05, 0.1) is 6.54 Å². The van der Waals surface area contributed by atoms with E-state index in [1.54, 1.807) is 0 Å². The Hall–Kier alpha value is -1.55. The fraction of sp³-hybridized carbons (Fsp3) is 0.533. The molecule has 0 aliphatic rings. The predicted molar refractivity (Wildman–Crippen MR) is 78.0 cm³/mol. The fourth-order valence-electron chi connectivity index (χ4n) is 2.00. The molecule has 19 heavy (non-hydrogen) atoms. The van der Waals surface area contributed by atoms with Crippen molar-refractivity contribution in [2.45, 2.75) is 26.2 Å². The third-order valence-electron chi connectivity index (χ3n) is 3.05. The highest BCUT2D eigenvalue weighted by molar-refractivity contribution is 5.80. The molecule has 3 N–H and O–H groups in total. The van der Waals surface area contributed by atoms with E-state index >= 15 is 0 Å². The van der Waals surface area contributed by atoms with Crippen LogP contribution in [0.4, 0.5) is 5.69 Å². The zero-order valence-corrected chi connectivity index (χ0v) is 11.6. The molecule has 0 heterocycles. The molecule has 1 rings (SSSR count). The van der Waals surface area contributed by atoms with Gasteiger partial charge in [0, 0.05) is 18.8 Å². The van der Waals surface area contributed by atoms with Gasteiger partial charge >= 0.3 is 0 Å². The normalized spacial score (nSPS) is 11.9. The average molecular weight is 264 g/mol. The molecular formula is C15H24N2O2. The Morgan fingerprint density at radius 1 is 1.26 bits per heavy atom. The van der Waals surface area contributed by atoms with E-state index in [-0.39, 0.29) is 19.1 Å². The average Bonchev–Trinajstić information content (AvgIpc) is 2.44. The van der Waals surface area contributed by atoms with Crippen LogP contribution in [0.1, 0.15) is 26.2 Å². The molecule has 1 aromatic rings. The van der Waals surface area contributed by atoms with Crippen LogP contribution >= 0.6 is 0 Å². The van der Waals surface area contributed by atoms with E-state index < -0.39 is 0 Å². The van der Waals surface area contributed by atoms with E-state index in [4.69, 9.17) is 5.11 Å². The van der Waals surface area contributed by atoms with Crippen LogP contribution in [0, 0.1) is 5.92 Å². The van der Waals surface area contributed by atoms with Gasteiger partial charge in [-0.05, 0) is 30.9 Å². The van der Waals surface area contributed by atoms with Gasteiger partial charge in [-0.25, -0.2) is 0 Å². The second-order valence-electron chi connectivity index (χ2n) is 4.69. The Morgan fingerprint density at radius 3 is 2.63 bits per heavy atom. The summed E-state index contributed by atoms with van der Waals surface area (Å²) in [5.74, 6) is 0.360. The van der Waals surface area contributed by atoms with Crippen LogP contribution in [0.5, 0.6) is 0 Å². The third kappa shape index (κ3) is 6.82. The second-order valence-corrected chi connectivity index (χ2v) is 4.69. The number of anilines is 1. The largest absolute Gasteiger partial charge is 0.396 e. The van der Waals surface area contributed by atoms with Gasteiger partial charge in [0.25, 0.3) is 0 Å². The molecule has 4 nitrogen and oxygen atoms in total. The second kappa shape index (κ2) is 9.39. The SMILES string of the molecule is CCCC(CCO)CNC(=O)CNc1ccccc1. The number of hydrogen-bond donors (Lipinski definition) is 3. The summed E-state index contributed by atoms with van der Waals surface area (Å²) >= 11 is 0. The van der Waals surface area contributed by atoms with Crippen molar-refractivity contribution in [3.63, 3.8) is 0 Å². The van der Waals surface area contributed by atoms with Gasteiger partial charge in [-0.3, -0.25) is 4.79 Å². The summed E-state index contributed by atoms with van der Waals surface area (Å²) in [6, 6.07) is 9.66. The van der Waals surface area contributed by atoms with E-state index in [2.05, 4.69) is 17.6 Å². The molecule has 0 saturated heterocycles. The molecule has 0 spiro atoms. The zero-order valence-electron chi connectivity index (χ0n) is 11.6. The van der Waals surface area contributed by atoms with E-state index in [1.165, 1.54) is 0 Å². The highest BCUT2D eigenvalue weighted by Gasteiger charge is 2.09. The maximum atomic E-state index is 11.7. The van der Waals surface area contributed by atoms with E-state index in [0.717, 1.165) is 24.9 Å². The molecule has 1 unspecified atom stereocenters. The number of carbonyl (C=O) groups is 1. The number of aliphatic hydroxyl groups is 1. The molecule has 0 saturated carbocycles. The minimum absolute atomic E-state index is 0.0112. The molecule has 0 fully saturated rings. The summed E-state index contributed by atoms with van der Waals surface area (Å²) in [4.78, 5) is 11.7. The smallest absolute Gasteiger partial charge is 0.239 e. The van der Waals surface area contributed by atoms with Crippen molar-refractivity contribution in [3.8, 4) is 0 Å². The van der Waals surface area contributed by atoms with Crippen LogP contribution in [0.3, 0.4) is 0 Å². The lowest BCUT2D eigenvalue weighted by atomic mass is 10.0. The number of benzene rings is 1. The van der Waals surface area contributed by atoms with Gasteiger partial charge in [0.1, 0.15) is 0 Å². The van der Waals surface area contributed by atoms with Gasteiger partial charge in [0.15, 0.2) is 0 Å². The number of aliphatic hydroxyl groups excluding tert-OH is 1. The number of rotatable bonds is 9. The molecule has 106 valence electrons. The minimum atomic E-state index is -0.0112. The molecule has 1 amide bonds. The molecule has 0 radical (unpaired) electrons. The van der Waals surface area contributed by atoms with Crippen molar-refractivity contribution in [3.05, 3.63) is 30.3 Å². The van der Waals surface area contributed by atoms with Crippen LogP contribution in [-0.2, 0) is 4.79 Å². The first kappa shape index (κ1) is 15.5. The van der Waals surface area contributed by atoms with Gasteiger partial charge in [-0.2, -0.15) is 0 Å². The Balaban J connectivity index is 2.23. The molecule has 0 aliphatic carbocycles. The number of carbonyl (C=O) groups excluding carboxylic acids is 1. The molecular weight excluding hydrogens is 240 g/mol. The van der Waals surface area contributed by atoms with Crippen molar-refractivity contribution in [1.82, 2.24) is 5.32 Å². The standard InChI is InChI=1S/C15H24N2O2/c1-2-6-13(9-10-18)11-17-15(19)12-16-14-7-4-3-5-8-14/h3-5,7-8,13,16,18H,2,6,9-12H2,1H3,(H,17,19). The first-order chi connectivity index (χ1) is 9.26. The highest BCUT2D eigenvalue weighted by atomic mass is 16.3. The lowest BCUT2D eigenvalue weighted by Crippen LogP contribution is -2.34. The number of hydrogen-bond acceptors (Lipinski definition) is 3. The summed E-state index contributed by atoms with van der Waals surface area (Å²) in [5.41, 5.74) is 0.943. The van der Waals surface area contributed by atoms with Gasteiger partial charge in [-0.1, -0.05) is 31.5 Å². The zero-order chi connectivity index (χ0) is 13.9. The monoisotopic (exact) mass is 264 g/mol. The summed E-state index contributed by atoms with van der Waals surface area (Å²) in [7, 11) is 0. The highest BCUT2D eigenvalue weighted by Crippen LogP contribution is 2.09. The summed E-state index contributed by atoms with van der Waals surface area (Å²) < 4.78 is 0. The van der Waals surface area contributed by atoms with Crippen LogP contribution in [-0.4, -0.2) is 30.7 Å². The Morgan fingerprint density at radius 2 is 2.00 bits per heavy atom. The summed E-state index contributed by atoms with van der Waals surface area (Å²) in [6.45, 7) is 3.22. The van der Waals surface area contributed by atoms with Gasteiger partial charge in [-0.15, -0.1) is 0 Å². The molecule has 1 aromatic carbocycles. The third-order valence-corrected chi connectivity index (χ3v) is 3.05. The van der Waals surface area contributed by atoms with E-state index in [9.17, 15) is 4.79 Å². The quantitative estimate of drug-likeness (QED) is 0.639. The Kier molecular flexibility index (Phi) is 7.66. The molecule has 4 heteroatoms. The lowest BCUT2D eigenvalue weighted by Gasteiger charge is -2.16. The first-order valence-corrected chi connectivity index (χ1v) is 6.92. The predicted octanol–water partition coefficient (Wildman–Crippen LogP) is 2.01. The van der Waals surface area contributed by atoms with Crippen molar-refractivity contribution < 1.29 is 9.90 Å². The topological polar surface area (TPSA) is 61.4 Å². The number of amides is 1. The maximum Gasteiger partial charge on any atom is 0.239 e. The molecule has 1 atom stereocenters. The molecule has 0 aliphatic heterocycles. The number of para-hydroxylation sites is 1. The summed E-state index contributed by atoms with van der Waals surface area (Å²) in [6.07, 6.45) is 2.86. The first-order valence-electron chi connectivity index (χ1n) is 6.92.